The SMILES string of the molecule is Cc1ccc(C#N)c(=O)n1C(=O)C1CC1. The monoisotopic (exact) mass is 202 g/mol. The van der Waals surface area contributed by atoms with Crippen molar-refractivity contribution in [2.24, 2.45) is 5.92 Å². The lowest BCUT2D eigenvalue weighted by Crippen LogP contribution is -2.31. The predicted octanol–water partition coefficient (Wildman–Crippen LogP) is 1.08. The van der Waals surface area contributed by atoms with Crippen molar-refractivity contribution in [1.29, 1.82) is 5.26 Å². The molecule has 0 bridgehead atoms. The molecule has 0 saturated heterocycles. The van der Waals surface area contributed by atoms with Crippen molar-refractivity contribution in [1.82, 2.24) is 4.57 Å². The number of nitriles is 1. The highest BCUT2D eigenvalue weighted by Gasteiger charge is 2.32. The molecule has 1 aromatic rings. The average Bonchev–Trinajstić information content (AvgIpc) is 3.01. The summed E-state index contributed by atoms with van der Waals surface area (Å²) in [6.07, 6.45) is 1.70. The Labute approximate surface area is 86.8 Å². The third-order valence-corrected chi connectivity index (χ3v) is 2.54. The maximum atomic E-state index is 11.8. The fraction of sp³-hybridized carbons (Fsp3) is 0.364. The second-order valence-corrected chi connectivity index (χ2v) is 3.75. The van der Waals surface area contributed by atoms with E-state index >= 15 is 0 Å². The van der Waals surface area contributed by atoms with Crippen molar-refractivity contribution in [2.45, 2.75) is 19.8 Å². The van der Waals surface area contributed by atoms with Gasteiger partial charge in [0.25, 0.3) is 5.56 Å². The first-order valence-electron chi connectivity index (χ1n) is 4.82. The number of aromatic nitrogens is 1. The van der Waals surface area contributed by atoms with Gasteiger partial charge < -0.3 is 0 Å². The number of nitrogens with zero attached hydrogens (tertiary/aromatic N) is 2. The first kappa shape index (κ1) is 9.66. The molecule has 0 amide bonds. The van der Waals surface area contributed by atoms with Crippen LogP contribution in [0, 0.1) is 24.2 Å². The van der Waals surface area contributed by atoms with E-state index < -0.39 is 5.56 Å². The molecule has 1 heterocycles. The van der Waals surface area contributed by atoms with Crippen molar-refractivity contribution >= 4 is 5.91 Å². The molecule has 4 heteroatoms. The van der Waals surface area contributed by atoms with E-state index in [1.165, 1.54) is 6.07 Å². The van der Waals surface area contributed by atoms with Crippen LogP contribution in [0.4, 0.5) is 0 Å². The topological polar surface area (TPSA) is 62.9 Å². The Kier molecular flexibility index (Phi) is 2.16. The fourth-order valence-corrected chi connectivity index (χ4v) is 1.50. The number of hydrogen-bond acceptors (Lipinski definition) is 3. The molecule has 1 aromatic heterocycles. The van der Waals surface area contributed by atoms with Gasteiger partial charge in [-0.3, -0.25) is 9.59 Å². The van der Waals surface area contributed by atoms with Gasteiger partial charge in [-0.1, -0.05) is 0 Å². The Hall–Kier alpha value is -1.89. The zero-order chi connectivity index (χ0) is 11.0. The van der Waals surface area contributed by atoms with Gasteiger partial charge in [0, 0.05) is 11.6 Å². The second kappa shape index (κ2) is 3.35. The molecule has 1 fully saturated rings. The minimum absolute atomic E-state index is 0.0182. The van der Waals surface area contributed by atoms with Crippen LogP contribution in [0.2, 0.25) is 0 Å². The number of pyridine rings is 1. The molecule has 1 saturated carbocycles. The second-order valence-electron chi connectivity index (χ2n) is 3.75. The Morgan fingerprint density at radius 1 is 1.53 bits per heavy atom. The van der Waals surface area contributed by atoms with E-state index in [9.17, 15) is 9.59 Å². The molecule has 0 atom stereocenters. The molecular weight excluding hydrogens is 192 g/mol. The summed E-state index contributed by atoms with van der Waals surface area (Å²) in [5.74, 6) is -0.190. The molecule has 0 spiro atoms. The third-order valence-electron chi connectivity index (χ3n) is 2.54. The van der Waals surface area contributed by atoms with Gasteiger partial charge in [0.05, 0.1) is 0 Å². The molecule has 1 aliphatic carbocycles. The van der Waals surface area contributed by atoms with Crippen LogP contribution in [0.1, 0.15) is 28.9 Å². The number of aryl methyl sites for hydroxylation is 1. The summed E-state index contributed by atoms with van der Waals surface area (Å²) in [6, 6.07) is 4.87. The van der Waals surface area contributed by atoms with Crippen molar-refractivity contribution < 1.29 is 4.79 Å². The lowest BCUT2D eigenvalue weighted by molar-refractivity contribution is 0.0879. The molecule has 0 unspecified atom stereocenters. The molecule has 76 valence electrons. The smallest absolute Gasteiger partial charge is 0.274 e. The lowest BCUT2D eigenvalue weighted by atomic mass is 10.2. The molecule has 0 N–H and O–H groups in total. The number of carbonyl (C=O) groups excluding carboxylic acids is 1. The predicted molar refractivity (Wildman–Crippen MR) is 53.5 cm³/mol. The van der Waals surface area contributed by atoms with E-state index in [-0.39, 0.29) is 17.4 Å². The van der Waals surface area contributed by atoms with Gasteiger partial charge in [0.2, 0.25) is 5.91 Å². The number of hydrogen-bond donors (Lipinski definition) is 0. The lowest BCUT2D eigenvalue weighted by Gasteiger charge is -2.07. The van der Waals surface area contributed by atoms with Crippen LogP contribution >= 0.6 is 0 Å². The Bertz CT molecular complexity index is 518. The third kappa shape index (κ3) is 1.57. The van der Waals surface area contributed by atoms with Crippen molar-refractivity contribution in [3.63, 3.8) is 0 Å². The van der Waals surface area contributed by atoms with Gasteiger partial charge in [-0.25, -0.2) is 4.57 Å². The van der Waals surface area contributed by atoms with Crippen LogP contribution in [0.5, 0.6) is 0 Å². The molecule has 0 aliphatic heterocycles. The summed E-state index contributed by atoms with van der Waals surface area (Å²) in [5, 5.41) is 8.70. The van der Waals surface area contributed by atoms with E-state index in [2.05, 4.69) is 0 Å². The van der Waals surface area contributed by atoms with E-state index in [1.54, 1.807) is 19.1 Å². The van der Waals surface area contributed by atoms with E-state index in [0.717, 1.165) is 17.4 Å². The summed E-state index contributed by atoms with van der Waals surface area (Å²) in [4.78, 5) is 23.5. The maximum absolute atomic E-state index is 11.8. The number of rotatable bonds is 1. The Morgan fingerprint density at radius 2 is 2.20 bits per heavy atom. The summed E-state index contributed by atoms with van der Waals surface area (Å²) < 4.78 is 1.12. The maximum Gasteiger partial charge on any atom is 0.275 e. The summed E-state index contributed by atoms with van der Waals surface area (Å²) in [7, 11) is 0. The zero-order valence-electron chi connectivity index (χ0n) is 8.36. The van der Waals surface area contributed by atoms with Crippen molar-refractivity contribution in [3.05, 3.63) is 33.7 Å². The largest absolute Gasteiger partial charge is 0.275 e. The van der Waals surface area contributed by atoms with Crippen LogP contribution in [-0.2, 0) is 0 Å². The van der Waals surface area contributed by atoms with E-state index in [1.807, 2.05) is 0 Å². The quantitative estimate of drug-likeness (QED) is 0.684. The highest BCUT2D eigenvalue weighted by molar-refractivity contribution is 5.84. The normalized spacial score (nSPS) is 14.7. The van der Waals surface area contributed by atoms with Crippen molar-refractivity contribution in [3.8, 4) is 6.07 Å². The highest BCUT2D eigenvalue weighted by Crippen LogP contribution is 2.30. The van der Waals surface area contributed by atoms with Crippen LogP contribution in [0.25, 0.3) is 0 Å². The summed E-state index contributed by atoms with van der Waals surface area (Å²) in [6.45, 7) is 1.70. The van der Waals surface area contributed by atoms with Crippen LogP contribution in [-0.4, -0.2) is 10.5 Å². The summed E-state index contributed by atoms with van der Waals surface area (Å²) in [5.41, 5.74) is 0.125. The van der Waals surface area contributed by atoms with E-state index in [0.29, 0.717) is 5.69 Å². The van der Waals surface area contributed by atoms with Gasteiger partial charge in [0.1, 0.15) is 11.6 Å². The average molecular weight is 202 g/mol. The highest BCUT2D eigenvalue weighted by atomic mass is 16.2. The minimum atomic E-state index is -0.491. The van der Waals surface area contributed by atoms with Crippen molar-refractivity contribution in [2.75, 3.05) is 0 Å². The molecular formula is C11H10N2O2. The number of carbonyl (C=O) groups is 1. The van der Waals surface area contributed by atoms with Crippen LogP contribution < -0.4 is 5.56 Å². The fourth-order valence-electron chi connectivity index (χ4n) is 1.50. The van der Waals surface area contributed by atoms with Gasteiger partial charge in [-0.15, -0.1) is 0 Å². The molecule has 0 aromatic carbocycles. The minimum Gasteiger partial charge on any atom is -0.274 e. The zero-order valence-corrected chi connectivity index (χ0v) is 8.36. The molecule has 4 nitrogen and oxygen atoms in total. The van der Waals surface area contributed by atoms with E-state index in [4.69, 9.17) is 5.26 Å². The molecule has 1 aliphatic rings. The molecule has 15 heavy (non-hydrogen) atoms. The van der Waals surface area contributed by atoms with Gasteiger partial charge in [0.15, 0.2) is 0 Å². The first-order valence-corrected chi connectivity index (χ1v) is 4.82. The Morgan fingerprint density at radius 3 is 2.73 bits per heavy atom. The van der Waals surface area contributed by atoms with Crippen LogP contribution in [0.15, 0.2) is 16.9 Å². The van der Waals surface area contributed by atoms with Gasteiger partial charge in [-0.05, 0) is 31.9 Å². The van der Waals surface area contributed by atoms with Gasteiger partial charge in [-0.2, -0.15) is 5.26 Å². The molecule has 0 radical (unpaired) electrons. The van der Waals surface area contributed by atoms with Gasteiger partial charge >= 0.3 is 0 Å². The standard InChI is InChI=1S/C11H10N2O2/c1-7-2-3-9(6-12)11(15)13(7)10(14)8-4-5-8/h2-3,8H,4-5H2,1H3. The van der Waals surface area contributed by atoms with Crippen LogP contribution in [0.3, 0.4) is 0 Å². The molecule has 2 rings (SSSR count). The Balaban J connectivity index is 2.59. The summed E-state index contributed by atoms with van der Waals surface area (Å²) >= 11 is 0. The first-order chi connectivity index (χ1) is 7.15.